The number of nitrogens with two attached hydrogens (primary N) is 1. The molecule has 0 aliphatic rings. The minimum absolute atomic E-state index is 0.130. The van der Waals surface area contributed by atoms with Crippen LogP contribution in [0.2, 0.25) is 5.02 Å². The summed E-state index contributed by atoms with van der Waals surface area (Å²) in [5, 5.41) is 10.3. The van der Waals surface area contributed by atoms with Gasteiger partial charge in [0.1, 0.15) is 4.90 Å². The van der Waals surface area contributed by atoms with Crippen LogP contribution in [0.5, 0.6) is 0 Å². The lowest BCUT2D eigenvalue weighted by atomic mass is 10.3. The Labute approximate surface area is 115 Å². The van der Waals surface area contributed by atoms with E-state index in [2.05, 4.69) is 4.72 Å². The number of nitro groups is 1. The molecule has 1 unspecified atom stereocenters. The Morgan fingerprint density at radius 2 is 2.16 bits per heavy atom. The molecular weight excluding hydrogens is 294 g/mol. The number of benzene rings is 1. The third kappa shape index (κ3) is 4.43. The molecule has 0 heterocycles. The first kappa shape index (κ1) is 15.8. The molecule has 1 aromatic rings. The quantitative estimate of drug-likeness (QED) is 0.606. The van der Waals surface area contributed by atoms with Crippen LogP contribution in [0.3, 0.4) is 0 Å². The maximum Gasteiger partial charge on any atom is 0.271 e. The molecule has 0 fully saturated rings. The third-order valence-corrected chi connectivity index (χ3v) is 4.25. The van der Waals surface area contributed by atoms with Gasteiger partial charge in [-0.15, -0.1) is 0 Å². The molecule has 0 aliphatic carbocycles. The van der Waals surface area contributed by atoms with Crippen molar-refractivity contribution in [1.29, 1.82) is 0 Å². The molecule has 7 nitrogen and oxygen atoms in total. The van der Waals surface area contributed by atoms with Crippen molar-refractivity contribution in [2.45, 2.75) is 24.3 Å². The van der Waals surface area contributed by atoms with Gasteiger partial charge in [0, 0.05) is 24.7 Å². The van der Waals surface area contributed by atoms with Crippen molar-refractivity contribution in [1.82, 2.24) is 4.72 Å². The lowest BCUT2D eigenvalue weighted by molar-refractivity contribution is -0.384. The number of nitrogens with zero attached hydrogens (tertiary/aromatic N) is 1. The van der Waals surface area contributed by atoms with Gasteiger partial charge in [0.25, 0.3) is 5.69 Å². The van der Waals surface area contributed by atoms with Crippen molar-refractivity contribution in [3.05, 3.63) is 33.3 Å². The molecule has 0 aromatic heterocycles. The van der Waals surface area contributed by atoms with Crippen LogP contribution in [0.15, 0.2) is 23.1 Å². The molecule has 1 rings (SSSR count). The first-order valence-corrected chi connectivity index (χ1v) is 7.29. The highest BCUT2D eigenvalue weighted by atomic mass is 35.5. The van der Waals surface area contributed by atoms with Gasteiger partial charge >= 0.3 is 0 Å². The lowest BCUT2D eigenvalue weighted by Gasteiger charge is -2.09. The van der Waals surface area contributed by atoms with E-state index < -0.39 is 14.9 Å². The number of non-ortho nitro benzene ring substituents is 1. The van der Waals surface area contributed by atoms with Gasteiger partial charge in [0.05, 0.1) is 9.95 Å². The zero-order chi connectivity index (χ0) is 14.6. The van der Waals surface area contributed by atoms with Gasteiger partial charge in [0.2, 0.25) is 10.0 Å². The summed E-state index contributed by atoms with van der Waals surface area (Å²) in [6, 6.07) is 3.07. The summed E-state index contributed by atoms with van der Waals surface area (Å²) in [7, 11) is -3.79. The fourth-order valence-corrected chi connectivity index (χ4v) is 2.90. The van der Waals surface area contributed by atoms with Crippen molar-refractivity contribution < 1.29 is 13.3 Å². The fourth-order valence-electron chi connectivity index (χ4n) is 1.32. The molecule has 0 saturated heterocycles. The summed E-state index contributed by atoms with van der Waals surface area (Å²) in [4.78, 5) is 9.69. The number of rotatable bonds is 6. The zero-order valence-corrected chi connectivity index (χ0v) is 11.7. The molecule has 0 spiro atoms. The van der Waals surface area contributed by atoms with Crippen LogP contribution in [0, 0.1) is 10.1 Å². The summed E-state index contributed by atoms with van der Waals surface area (Å²) in [6.45, 7) is 1.93. The average molecular weight is 308 g/mol. The molecule has 0 aliphatic heterocycles. The second-order valence-electron chi connectivity index (χ2n) is 4.04. The molecular formula is C10H14ClN3O4S. The Hall–Kier alpha value is -1.22. The molecule has 19 heavy (non-hydrogen) atoms. The van der Waals surface area contributed by atoms with Crippen LogP contribution < -0.4 is 10.5 Å². The van der Waals surface area contributed by atoms with Gasteiger partial charge in [0.15, 0.2) is 0 Å². The van der Waals surface area contributed by atoms with Gasteiger partial charge in [-0.3, -0.25) is 10.1 Å². The molecule has 9 heteroatoms. The standard InChI is InChI=1S/C10H14ClN3O4S/c1-7(12)4-5-13-19(17,18)10-3-2-8(14(15)16)6-9(10)11/h2-3,6-7,13H,4-5,12H2,1H3. The van der Waals surface area contributed by atoms with Crippen molar-refractivity contribution >= 4 is 27.3 Å². The van der Waals surface area contributed by atoms with E-state index in [0.717, 1.165) is 18.2 Å². The SMILES string of the molecule is CC(N)CCNS(=O)(=O)c1ccc([N+](=O)[O-])cc1Cl. The lowest BCUT2D eigenvalue weighted by Crippen LogP contribution is -2.29. The number of hydrogen-bond donors (Lipinski definition) is 2. The Kier molecular flexibility index (Phi) is 5.24. The number of sulfonamides is 1. The van der Waals surface area contributed by atoms with Crippen LogP contribution in [0.25, 0.3) is 0 Å². The van der Waals surface area contributed by atoms with Gasteiger partial charge < -0.3 is 5.73 Å². The van der Waals surface area contributed by atoms with Gasteiger partial charge in [-0.05, 0) is 19.4 Å². The highest BCUT2D eigenvalue weighted by Gasteiger charge is 2.20. The Morgan fingerprint density at radius 1 is 1.53 bits per heavy atom. The molecule has 0 amide bonds. The average Bonchev–Trinajstić information content (AvgIpc) is 2.27. The maximum atomic E-state index is 11.9. The number of hydrogen-bond acceptors (Lipinski definition) is 5. The van der Waals surface area contributed by atoms with E-state index in [1.54, 1.807) is 6.92 Å². The van der Waals surface area contributed by atoms with E-state index in [1.165, 1.54) is 0 Å². The Bertz CT molecular complexity index is 574. The van der Waals surface area contributed by atoms with E-state index in [1.807, 2.05) is 0 Å². The van der Waals surface area contributed by atoms with Crippen molar-refractivity contribution in [2.24, 2.45) is 5.73 Å². The maximum absolute atomic E-state index is 11.9. The topological polar surface area (TPSA) is 115 Å². The van der Waals surface area contributed by atoms with Crippen LogP contribution in [0.1, 0.15) is 13.3 Å². The minimum Gasteiger partial charge on any atom is -0.328 e. The Balaban J connectivity index is 2.93. The fraction of sp³-hybridized carbons (Fsp3) is 0.400. The van der Waals surface area contributed by atoms with Crippen LogP contribution in [0.4, 0.5) is 5.69 Å². The second kappa shape index (κ2) is 6.29. The van der Waals surface area contributed by atoms with E-state index in [-0.39, 0.29) is 28.2 Å². The smallest absolute Gasteiger partial charge is 0.271 e. The van der Waals surface area contributed by atoms with Crippen molar-refractivity contribution in [3.63, 3.8) is 0 Å². The summed E-state index contributed by atoms with van der Waals surface area (Å²) in [5.74, 6) is 0. The van der Waals surface area contributed by atoms with Gasteiger partial charge in [-0.25, -0.2) is 13.1 Å². The molecule has 0 radical (unpaired) electrons. The summed E-state index contributed by atoms with van der Waals surface area (Å²) in [5.41, 5.74) is 5.24. The molecule has 0 bridgehead atoms. The van der Waals surface area contributed by atoms with E-state index >= 15 is 0 Å². The highest BCUT2D eigenvalue weighted by molar-refractivity contribution is 7.89. The van der Waals surface area contributed by atoms with Gasteiger partial charge in [-0.1, -0.05) is 11.6 Å². The van der Waals surface area contributed by atoms with Crippen LogP contribution in [-0.2, 0) is 10.0 Å². The number of nitrogens with one attached hydrogen (secondary N) is 1. The summed E-state index contributed by atoms with van der Waals surface area (Å²) < 4.78 is 26.2. The van der Waals surface area contributed by atoms with E-state index in [9.17, 15) is 18.5 Å². The third-order valence-electron chi connectivity index (χ3n) is 2.31. The first-order chi connectivity index (χ1) is 8.74. The predicted octanol–water partition coefficient (Wildman–Crippen LogP) is 1.26. The monoisotopic (exact) mass is 307 g/mol. The molecule has 3 N–H and O–H groups in total. The van der Waals surface area contributed by atoms with E-state index in [4.69, 9.17) is 17.3 Å². The van der Waals surface area contributed by atoms with Crippen LogP contribution >= 0.6 is 11.6 Å². The van der Waals surface area contributed by atoms with E-state index in [0.29, 0.717) is 6.42 Å². The van der Waals surface area contributed by atoms with Crippen molar-refractivity contribution in [3.8, 4) is 0 Å². The molecule has 1 atom stereocenters. The van der Waals surface area contributed by atoms with Crippen LogP contribution in [-0.4, -0.2) is 25.9 Å². The summed E-state index contributed by atoms with van der Waals surface area (Å²) >= 11 is 5.75. The molecule has 0 saturated carbocycles. The van der Waals surface area contributed by atoms with Crippen molar-refractivity contribution in [2.75, 3.05) is 6.54 Å². The second-order valence-corrected chi connectivity index (χ2v) is 6.18. The largest absolute Gasteiger partial charge is 0.328 e. The highest BCUT2D eigenvalue weighted by Crippen LogP contribution is 2.25. The number of nitro benzene ring substituents is 1. The zero-order valence-electron chi connectivity index (χ0n) is 10.2. The normalized spacial score (nSPS) is 13.2. The predicted molar refractivity (Wildman–Crippen MR) is 71.6 cm³/mol. The summed E-state index contributed by atoms with van der Waals surface area (Å²) in [6.07, 6.45) is 0.476. The minimum atomic E-state index is -3.79. The number of halogens is 1. The molecule has 106 valence electrons. The Morgan fingerprint density at radius 3 is 2.63 bits per heavy atom. The first-order valence-electron chi connectivity index (χ1n) is 5.43. The molecule has 1 aromatic carbocycles. The van der Waals surface area contributed by atoms with Gasteiger partial charge in [-0.2, -0.15) is 0 Å².